The summed E-state index contributed by atoms with van der Waals surface area (Å²) in [6.45, 7) is 9.41. The molecule has 0 spiro atoms. The van der Waals surface area contributed by atoms with Crippen LogP contribution < -0.4 is 0 Å². The maximum absolute atomic E-state index is 3.39. The minimum atomic E-state index is 0.898. The lowest BCUT2D eigenvalue weighted by Crippen LogP contribution is -1.95. The van der Waals surface area contributed by atoms with Gasteiger partial charge in [0.05, 0.1) is 0 Å². The van der Waals surface area contributed by atoms with Crippen molar-refractivity contribution >= 4 is 0 Å². The molecule has 0 saturated carbocycles. The Hall–Kier alpha value is -0.440. The van der Waals surface area contributed by atoms with Crippen molar-refractivity contribution in [2.75, 3.05) is 0 Å². The van der Waals surface area contributed by atoms with Crippen molar-refractivity contribution < 1.29 is 0 Å². The smallest absolute Gasteiger partial charge is 0.00887 e. The SMILES string of the molecule is CCCCCCCC(C)CCCCC#CCCCC(C)CCCC. The minimum Gasteiger partial charge on any atom is -0.103 e. The molecule has 0 aromatic rings. The Kier molecular flexibility index (Phi) is 18.5. The van der Waals surface area contributed by atoms with Crippen molar-refractivity contribution in [1.82, 2.24) is 0 Å². The van der Waals surface area contributed by atoms with E-state index in [-0.39, 0.29) is 0 Å². The lowest BCUT2D eigenvalue weighted by atomic mass is 9.96. The monoisotopic (exact) mass is 334 g/mol. The highest BCUT2D eigenvalue weighted by atomic mass is 14.1. The van der Waals surface area contributed by atoms with Crippen LogP contribution in [-0.4, -0.2) is 0 Å². The molecule has 0 radical (unpaired) electrons. The number of hydrogen-bond acceptors (Lipinski definition) is 0. The molecule has 2 unspecified atom stereocenters. The summed E-state index contributed by atoms with van der Waals surface area (Å²) in [6.07, 6.45) is 21.7. The van der Waals surface area contributed by atoms with Crippen molar-refractivity contribution in [2.45, 2.75) is 130 Å². The lowest BCUT2D eigenvalue weighted by molar-refractivity contribution is 0.440. The van der Waals surface area contributed by atoms with E-state index in [1.165, 1.54) is 89.9 Å². The fourth-order valence-electron chi connectivity index (χ4n) is 3.36. The van der Waals surface area contributed by atoms with Gasteiger partial charge in [-0.2, -0.15) is 0 Å². The predicted octanol–water partition coefficient (Wildman–Crippen LogP) is 8.54. The van der Waals surface area contributed by atoms with Gasteiger partial charge in [-0.15, -0.1) is 11.8 Å². The Morgan fingerprint density at radius 3 is 1.58 bits per heavy atom. The minimum absolute atomic E-state index is 0.898. The van der Waals surface area contributed by atoms with Gasteiger partial charge in [0.2, 0.25) is 0 Å². The Morgan fingerprint density at radius 2 is 0.958 bits per heavy atom. The molecule has 0 heteroatoms. The molecule has 0 N–H and O–H groups in total. The van der Waals surface area contributed by atoms with Crippen LogP contribution in [0.1, 0.15) is 130 Å². The molecule has 2 atom stereocenters. The Balaban J connectivity index is 3.34. The molecule has 0 aliphatic rings. The normalized spacial score (nSPS) is 13.3. The van der Waals surface area contributed by atoms with Gasteiger partial charge in [0.1, 0.15) is 0 Å². The van der Waals surface area contributed by atoms with Gasteiger partial charge in [0.25, 0.3) is 0 Å². The van der Waals surface area contributed by atoms with Gasteiger partial charge in [-0.05, 0) is 31.1 Å². The van der Waals surface area contributed by atoms with E-state index in [9.17, 15) is 0 Å². The fraction of sp³-hybridized carbons (Fsp3) is 0.917. The highest BCUT2D eigenvalue weighted by molar-refractivity contribution is 4.98. The van der Waals surface area contributed by atoms with Crippen LogP contribution in [0.25, 0.3) is 0 Å². The van der Waals surface area contributed by atoms with E-state index >= 15 is 0 Å². The molecule has 0 amide bonds. The fourth-order valence-corrected chi connectivity index (χ4v) is 3.36. The molecule has 0 rings (SSSR count). The topological polar surface area (TPSA) is 0 Å². The molecule has 0 aromatic carbocycles. The van der Waals surface area contributed by atoms with Crippen LogP contribution in [0.4, 0.5) is 0 Å². The van der Waals surface area contributed by atoms with E-state index < -0.39 is 0 Å². The Labute approximate surface area is 154 Å². The first-order valence-electron chi connectivity index (χ1n) is 11.2. The summed E-state index contributed by atoms with van der Waals surface area (Å²) in [5, 5.41) is 0. The maximum atomic E-state index is 3.39. The second-order valence-corrected chi connectivity index (χ2v) is 8.05. The summed E-state index contributed by atoms with van der Waals surface area (Å²) in [6, 6.07) is 0. The third-order valence-corrected chi connectivity index (χ3v) is 5.22. The third-order valence-electron chi connectivity index (χ3n) is 5.22. The van der Waals surface area contributed by atoms with E-state index in [2.05, 4.69) is 39.5 Å². The van der Waals surface area contributed by atoms with Crippen LogP contribution in [0.15, 0.2) is 0 Å². The van der Waals surface area contributed by atoms with Crippen molar-refractivity contribution in [1.29, 1.82) is 0 Å². The average molecular weight is 335 g/mol. The average Bonchev–Trinajstić information content (AvgIpc) is 2.58. The number of unbranched alkanes of at least 4 members (excludes halogenated alkanes) is 8. The zero-order valence-electron chi connectivity index (χ0n) is 17.5. The first-order valence-corrected chi connectivity index (χ1v) is 11.2. The molecule has 0 aromatic heterocycles. The summed E-state index contributed by atoms with van der Waals surface area (Å²) in [7, 11) is 0. The van der Waals surface area contributed by atoms with Gasteiger partial charge < -0.3 is 0 Å². The molecule has 0 aliphatic carbocycles. The summed E-state index contributed by atoms with van der Waals surface area (Å²) < 4.78 is 0. The molecular weight excluding hydrogens is 288 g/mol. The summed E-state index contributed by atoms with van der Waals surface area (Å²) >= 11 is 0. The van der Waals surface area contributed by atoms with E-state index in [4.69, 9.17) is 0 Å². The van der Waals surface area contributed by atoms with Crippen molar-refractivity contribution in [3.05, 3.63) is 0 Å². The van der Waals surface area contributed by atoms with Crippen LogP contribution in [0, 0.1) is 23.7 Å². The highest BCUT2D eigenvalue weighted by Gasteiger charge is 2.02. The van der Waals surface area contributed by atoms with E-state index in [1.807, 2.05) is 0 Å². The van der Waals surface area contributed by atoms with Crippen molar-refractivity contribution in [2.24, 2.45) is 11.8 Å². The number of hydrogen-bond donors (Lipinski definition) is 0. The predicted molar refractivity (Wildman–Crippen MR) is 111 cm³/mol. The van der Waals surface area contributed by atoms with Gasteiger partial charge in [-0.25, -0.2) is 0 Å². The summed E-state index contributed by atoms with van der Waals surface area (Å²) in [4.78, 5) is 0. The molecule has 0 saturated heterocycles. The molecule has 0 aliphatic heterocycles. The van der Waals surface area contributed by atoms with E-state index in [0.717, 1.165) is 24.7 Å². The van der Waals surface area contributed by atoms with Crippen LogP contribution in [0.3, 0.4) is 0 Å². The standard InChI is InChI=1S/C24H46/c1-5-7-9-13-16-21-24(4)22-18-15-12-10-11-14-17-20-23(3)19-8-6-2/h23-24H,5-9,12-22H2,1-4H3. The molecular formula is C24H46. The van der Waals surface area contributed by atoms with Crippen LogP contribution >= 0.6 is 0 Å². The lowest BCUT2D eigenvalue weighted by Gasteiger charge is -2.10. The first kappa shape index (κ1) is 23.6. The second-order valence-electron chi connectivity index (χ2n) is 8.05. The molecule has 24 heavy (non-hydrogen) atoms. The molecule has 142 valence electrons. The maximum Gasteiger partial charge on any atom is 0.00887 e. The van der Waals surface area contributed by atoms with Crippen LogP contribution in [0.5, 0.6) is 0 Å². The highest BCUT2D eigenvalue weighted by Crippen LogP contribution is 2.17. The number of rotatable bonds is 16. The second kappa shape index (κ2) is 18.9. The molecule has 0 fully saturated rings. The Morgan fingerprint density at radius 1 is 0.500 bits per heavy atom. The van der Waals surface area contributed by atoms with Gasteiger partial charge in [0.15, 0.2) is 0 Å². The van der Waals surface area contributed by atoms with Gasteiger partial charge >= 0.3 is 0 Å². The summed E-state index contributed by atoms with van der Waals surface area (Å²) in [5.41, 5.74) is 0. The third kappa shape index (κ3) is 17.9. The first-order chi connectivity index (χ1) is 11.7. The van der Waals surface area contributed by atoms with Crippen LogP contribution in [0.2, 0.25) is 0 Å². The molecule has 0 heterocycles. The van der Waals surface area contributed by atoms with E-state index in [1.54, 1.807) is 0 Å². The molecule has 0 nitrogen and oxygen atoms in total. The van der Waals surface area contributed by atoms with Crippen molar-refractivity contribution in [3.8, 4) is 11.8 Å². The molecule has 0 bridgehead atoms. The van der Waals surface area contributed by atoms with Gasteiger partial charge in [-0.3, -0.25) is 0 Å². The van der Waals surface area contributed by atoms with E-state index in [0.29, 0.717) is 0 Å². The zero-order chi connectivity index (χ0) is 17.9. The van der Waals surface area contributed by atoms with Gasteiger partial charge in [-0.1, -0.05) is 98.3 Å². The van der Waals surface area contributed by atoms with Crippen molar-refractivity contribution in [3.63, 3.8) is 0 Å². The van der Waals surface area contributed by atoms with Gasteiger partial charge in [0, 0.05) is 12.8 Å². The Bertz CT molecular complexity index is 293. The largest absolute Gasteiger partial charge is 0.103 e. The zero-order valence-corrected chi connectivity index (χ0v) is 17.5. The quantitative estimate of drug-likeness (QED) is 0.196. The van der Waals surface area contributed by atoms with Crippen LogP contribution in [-0.2, 0) is 0 Å². The summed E-state index contributed by atoms with van der Waals surface area (Å²) in [5.74, 6) is 8.60.